The Morgan fingerprint density at radius 3 is 2.85 bits per heavy atom. The predicted octanol–water partition coefficient (Wildman–Crippen LogP) is 2.24. The van der Waals surface area contributed by atoms with Gasteiger partial charge in [0, 0.05) is 13.1 Å². The van der Waals surface area contributed by atoms with Crippen LogP contribution in [-0.2, 0) is 11.3 Å². The highest BCUT2D eigenvalue weighted by Crippen LogP contribution is 2.28. The lowest BCUT2D eigenvalue weighted by molar-refractivity contribution is -0.118. The summed E-state index contributed by atoms with van der Waals surface area (Å²) in [7, 11) is 0. The first-order chi connectivity index (χ1) is 13.1. The second-order valence-electron chi connectivity index (χ2n) is 7.07. The summed E-state index contributed by atoms with van der Waals surface area (Å²) >= 11 is 1.35. The number of carbonyl (C=O) groups excluding carboxylic acids is 1. The highest BCUT2D eigenvalue weighted by atomic mass is 32.2. The first kappa shape index (κ1) is 19.4. The molecule has 144 valence electrons. The number of nitrogens with zero attached hydrogens (tertiary/aromatic N) is 4. The molecule has 0 aliphatic carbocycles. The fourth-order valence-corrected chi connectivity index (χ4v) is 4.24. The number of aromatic nitrogens is 3. The number of furan rings is 1. The maximum absolute atomic E-state index is 11.9. The molecule has 1 aliphatic heterocycles. The molecule has 2 atom stereocenters. The van der Waals surface area contributed by atoms with E-state index in [1.807, 2.05) is 16.7 Å². The summed E-state index contributed by atoms with van der Waals surface area (Å²) in [6.45, 7) is 7.20. The van der Waals surface area contributed by atoms with E-state index >= 15 is 0 Å². The van der Waals surface area contributed by atoms with Gasteiger partial charge in [0.05, 0.1) is 25.1 Å². The number of nitrogens with one attached hydrogen (secondary N) is 1. The van der Waals surface area contributed by atoms with Crippen LogP contribution in [0.25, 0.3) is 0 Å². The van der Waals surface area contributed by atoms with Crippen molar-refractivity contribution in [1.82, 2.24) is 20.1 Å². The van der Waals surface area contributed by atoms with Gasteiger partial charge in [-0.2, -0.15) is 0 Å². The largest absolute Gasteiger partial charge is 0.467 e. The lowest BCUT2D eigenvalue weighted by Crippen LogP contribution is -2.40. The standard InChI is InChI=1S/C19H25N5O2S/c1-4-7-20-17(25)13-27-19-22-21-18(23-10-14(2)9-15(3)11-23)24(19)12-16-6-5-8-26-16/h1,5-6,8,14-15H,7,9-13H2,2-3H3,(H,20,25). The molecule has 1 saturated heterocycles. The van der Waals surface area contributed by atoms with Crippen molar-refractivity contribution in [3.05, 3.63) is 24.2 Å². The minimum absolute atomic E-state index is 0.118. The molecule has 3 heterocycles. The van der Waals surface area contributed by atoms with Crippen LogP contribution in [0.3, 0.4) is 0 Å². The van der Waals surface area contributed by atoms with Crippen molar-refractivity contribution in [2.75, 3.05) is 30.3 Å². The molecule has 8 heteroatoms. The fraction of sp³-hybridized carbons (Fsp3) is 0.526. The number of carbonyl (C=O) groups is 1. The summed E-state index contributed by atoms with van der Waals surface area (Å²) in [5.74, 6) is 5.39. The molecule has 0 radical (unpaired) electrons. The zero-order valence-electron chi connectivity index (χ0n) is 15.7. The van der Waals surface area contributed by atoms with Crippen LogP contribution in [-0.4, -0.2) is 46.1 Å². The zero-order chi connectivity index (χ0) is 19.2. The highest BCUT2D eigenvalue weighted by Gasteiger charge is 2.27. The van der Waals surface area contributed by atoms with Gasteiger partial charge in [0.1, 0.15) is 5.76 Å². The molecule has 7 nitrogen and oxygen atoms in total. The summed E-state index contributed by atoms with van der Waals surface area (Å²) < 4.78 is 7.55. The number of terminal acetylenes is 1. The average molecular weight is 388 g/mol. The number of thioether (sulfide) groups is 1. The molecule has 2 aromatic heterocycles. The van der Waals surface area contributed by atoms with Gasteiger partial charge in [0.15, 0.2) is 5.16 Å². The average Bonchev–Trinajstić information content (AvgIpc) is 3.28. The van der Waals surface area contributed by atoms with Crippen LogP contribution in [0.4, 0.5) is 5.95 Å². The molecule has 0 aromatic carbocycles. The van der Waals surface area contributed by atoms with E-state index in [-0.39, 0.29) is 18.2 Å². The molecule has 1 N–H and O–H groups in total. The SMILES string of the molecule is C#CCNC(=O)CSc1nnc(N2CC(C)CC(C)C2)n1Cc1ccco1. The molecule has 2 aromatic rings. The van der Waals surface area contributed by atoms with E-state index in [1.54, 1.807) is 6.26 Å². The number of hydrogen-bond acceptors (Lipinski definition) is 6. The summed E-state index contributed by atoms with van der Waals surface area (Å²) in [6.07, 6.45) is 8.06. The van der Waals surface area contributed by atoms with Crippen LogP contribution in [0, 0.1) is 24.2 Å². The monoisotopic (exact) mass is 387 g/mol. The van der Waals surface area contributed by atoms with Gasteiger partial charge in [-0.1, -0.05) is 31.5 Å². The minimum Gasteiger partial charge on any atom is -0.467 e. The third-order valence-corrected chi connectivity index (χ3v) is 5.43. The molecular weight excluding hydrogens is 362 g/mol. The van der Waals surface area contributed by atoms with Crippen LogP contribution in [0.5, 0.6) is 0 Å². The number of rotatable bonds is 7. The number of hydrogen-bond donors (Lipinski definition) is 1. The second kappa shape index (κ2) is 9.00. The van der Waals surface area contributed by atoms with Gasteiger partial charge < -0.3 is 14.6 Å². The smallest absolute Gasteiger partial charge is 0.231 e. The maximum atomic E-state index is 11.9. The molecule has 1 fully saturated rings. The molecule has 1 aliphatic rings. The van der Waals surface area contributed by atoms with E-state index in [2.05, 4.69) is 40.2 Å². The normalized spacial score (nSPS) is 19.7. The van der Waals surface area contributed by atoms with Gasteiger partial charge in [0.2, 0.25) is 11.9 Å². The first-order valence-electron chi connectivity index (χ1n) is 9.10. The van der Waals surface area contributed by atoms with E-state index in [9.17, 15) is 4.79 Å². The number of anilines is 1. The molecule has 0 saturated carbocycles. The third kappa shape index (κ3) is 5.07. The summed E-state index contributed by atoms with van der Waals surface area (Å²) in [5.41, 5.74) is 0. The number of piperidine rings is 1. The van der Waals surface area contributed by atoms with Gasteiger partial charge in [-0.25, -0.2) is 0 Å². The molecule has 1 amide bonds. The lowest BCUT2D eigenvalue weighted by Gasteiger charge is -2.35. The molecular formula is C19H25N5O2S. The summed E-state index contributed by atoms with van der Waals surface area (Å²) in [5, 5.41) is 12.2. The van der Waals surface area contributed by atoms with Crippen molar-refractivity contribution in [3.8, 4) is 12.3 Å². The highest BCUT2D eigenvalue weighted by molar-refractivity contribution is 7.99. The van der Waals surface area contributed by atoms with E-state index in [0.717, 1.165) is 24.8 Å². The topological polar surface area (TPSA) is 76.2 Å². The molecule has 0 spiro atoms. The van der Waals surface area contributed by atoms with Gasteiger partial charge in [-0.3, -0.25) is 9.36 Å². The van der Waals surface area contributed by atoms with Crippen molar-refractivity contribution in [3.63, 3.8) is 0 Å². The Morgan fingerprint density at radius 2 is 2.19 bits per heavy atom. The lowest BCUT2D eigenvalue weighted by atomic mass is 9.92. The Bertz CT molecular complexity index is 786. The van der Waals surface area contributed by atoms with Crippen molar-refractivity contribution in [2.45, 2.75) is 32.0 Å². The van der Waals surface area contributed by atoms with E-state index in [4.69, 9.17) is 10.8 Å². The van der Waals surface area contributed by atoms with Crippen LogP contribution in [0.15, 0.2) is 28.0 Å². The van der Waals surface area contributed by atoms with Gasteiger partial charge >= 0.3 is 0 Å². The van der Waals surface area contributed by atoms with Gasteiger partial charge in [-0.15, -0.1) is 16.6 Å². The molecule has 27 heavy (non-hydrogen) atoms. The Kier molecular flexibility index (Phi) is 6.45. The van der Waals surface area contributed by atoms with Crippen LogP contribution in [0.1, 0.15) is 26.0 Å². The Morgan fingerprint density at radius 1 is 1.41 bits per heavy atom. The van der Waals surface area contributed by atoms with Gasteiger partial charge in [-0.05, 0) is 30.4 Å². The maximum Gasteiger partial charge on any atom is 0.231 e. The van der Waals surface area contributed by atoms with Crippen LogP contribution < -0.4 is 10.2 Å². The van der Waals surface area contributed by atoms with E-state index in [1.165, 1.54) is 18.2 Å². The Balaban J connectivity index is 1.79. The second-order valence-corrected chi connectivity index (χ2v) is 8.01. The first-order valence-corrected chi connectivity index (χ1v) is 10.1. The van der Waals surface area contributed by atoms with E-state index in [0.29, 0.717) is 23.5 Å². The van der Waals surface area contributed by atoms with Crippen LogP contribution in [0.2, 0.25) is 0 Å². The predicted molar refractivity (Wildman–Crippen MR) is 106 cm³/mol. The van der Waals surface area contributed by atoms with Gasteiger partial charge in [0.25, 0.3) is 0 Å². The van der Waals surface area contributed by atoms with Crippen molar-refractivity contribution >= 4 is 23.6 Å². The third-order valence-electron chi connectivity index (χ3n) is 4.46. The van der Waals surface area contributed by atoms with Crippen LogP contribution >= 0.6 is 11.8 Å². The zero-order valence-corrected chi connectivity index (χ0v) is 16.5. The summed E-state index contributed by atoms with van der Waals surface area (Å²) in [6, 6.07) is 3.80. The summed E-state index contributed by atoms with van der Waals surface area (Å²) in [4.78, 5) is 14.2. The molecule has 3 rings (SSSR count). The van der Waals surface area contributed by atoms with Crippen molar-refractivity contribution in [1.29, 1.82) is 0 Å². The van der Waals surface area contributed by atoms with Crippen molar-refractivity contribution < 1.29 is 9.21 Å². The van der Waals surface area contributed by atoms with Crippen molar-refractivity contribution in [2.24, 2.45) is 11.8 Å². The molecule has 2 unspecified atom stereocenters. The Labute approximate surface area is 163 Å². The fourth-order valence-electron chi connectivity index (χ4n) is 3.48. The Hall–Kier alpha value is -2.40. The molecule has 0 bridgehead atoms. The quantitative estimate of drug-likeness (QED) is 0.580. The number of amides is 1. The van der Waals surface area contributed by atoms with E-state index < -0.39 is 0 Å². The minimum atomic E-state index is -0.118.